The van der Waals surface area contributed by atoms with Crippen molar-refractivity contribution in [1.29, 1.82) is 0 Å². The highest BCUT2D eigenvalue weighted by molar-refractivity contribution is 6.12. The number of nitrogens with zero attached hydrogens (tertiary/aromatic N) is 2. The molecular weight excluding hydrogens is 546 g/mol. The Balaban J connectivity index is 1.89. The van der Waals surface area contributed by atoms with Crippen LogP contribution in [0, 0.1) is 11.8 Å². The van der Waals surface area contributed by atoms with Crippen molar-refractivity contribution in [1.82, 2.24) is 10.2 Å². The number of carbonyl (C=O) groups excluding carboxylic acids is 3. The molecule has 0 aliphatic heterocycles. The van der Waals surface area contributed by atoms with Gasteiger partial charge >= 0.3 is 0 Å². The monoisotopic (exact) mass is 587 g/mol. The molecule has 0 bridgehead atoms. The van der Waals surface area contributed by atoms with Gasteiger partial charge < -0.3 is 51.7 Å². The Labute approximate surface area is 244 Å². The molecule has 0 saturated heterocycles. The number of anilines is 2. The number of ketones is 1. The highest BCUT2D eigenvalue weighted by Crippen LogP contribution is 2.55. The molecule has 3 aliphatic rings. The number of phenols is 1. The number of carbonyl (C=O) groups is 3. The van der Waals surface area contributed by atoms with Gasteiger partial charge in [-0.25, -0.2) is 0 Å². The van der Waals surface area contributed by atoms with E-state index in [0.29, 0.717) is 11.3 Å². The Morgan fingerprint density at radius 1 is 1.14 bits per heavy atom. The number of nitrogens with one attached hydrogen (secondary N) is 2. The summed E-state index contributed by atoms with van der Waals surface area (Å²) < 4.78 is 0. The predicted molar refractivity (Wildman–Crippen MR) is 156 cm³/mol. The second kappa shape index (κ2) is 10.6. The number of benzene rings is 1. The Bertz CT molecular complexity index is 1410. The van der Waals surface area contributed by atoms with Crippen molar-refractivity contribution in [3.63, 3.8) is 0 Å². The standard InChI is InChI=1S/C29H41N5O8/c1-28(2,3)31-11-17(35)32-15-10-16(33(4)5)13-8-12-9-14-21(34(6)7)24(38)20(27(30)41)26(40)29(14,42)25(39)18(12)23(37)19(13)22(15)36/h10,12,14,21,24,31,36-38,40,42H,8-9,11H2,1-7H3,(H2,30,41)(H,32,35)/t12-,14-,21-,24?,29-/m0/s1. The first-order chi connectivity index (χ1) is 19.3. The Hall–Kier alpha value is -3.65. The SMILES string of the molecule is CN(C)c1cc(NC(=O)CNC(C)(C)C)c(O)c2c1C[C@H]1C[C@H]3[C@H](N(C)C)C(O)C(C(N)=O)=C(O)[C@@]3(O)C(=O)C1=C2O. The van der Waals surface area contributed by atoms with Gasteiger partial charge in [-0.15, -0.1) is 0 Å². The molecule has 9 N–H and O–H groups in total. The first kappa shape index (κ1) is 31.3. The van der Waals surface area contributed by atoms with Gasteiger partial charge in [-0.05, 0) is 65.3 Å². The number of hydrogen-bond acceptors (Lipinski definition) is 11. The number of hydrogen-bond donors (Lipinski definition) is 8. The van der Waals surface area contributed by atoms with Crippen LogP contribution in [0.2, 0.25) is 0 Å². The van der Waals surface area contributed by atoms with Gasteiger partial charge in [0, 0.05) is 42.9 Å². The summed E-state index contributed by atoms with van der Waals surface area (Å²) in [6.07, 6.45) is -1.37. The van der Waals surface area contributed by atoms with Gasteiger partial charge in [0.15, 0.2) is 5.60 Å². The van der Waals surface area contributed by atoms with Crippen molar-refractivity contribution in [2.24, 2.45) is 17.6 Å². The predicted octanol–water partition coefficient (Wildman–Crippen LogP) is 0.148. The van der Waals surface area contributed by atoms with Gasteiger partial charge in [0.25, 0.3) is 5.91 Å². The van der Waals surface area contributed by atoms with Crippen LogP contribution in [0.25, 0.3) is 5.76 Å². The van der Waals surface area contributed by atoms with E-state index in [1.807, 2.05) is 20.8 Å². The maximum absolute atomic E-state index is 14.1. The van der Waals surface area contributed by atoms with Crippen LogP contribution in [0.15, 0.2) is 23.0 Å². The largest absolute Gasteiger partial charge is 0.508 e. The van der Waals surface area contributed by atoms with Crippen molar-refractivity contribution in [2.75, 3.05) is 45.0 Å². The number of nitrogens with two attached hydrogens (primary N) is 1. The van der Waals surface area contributed by atoms with Gasteiger partial charge in [-0.3, -0.25) is 14.4 Å². The molecule has 0 heterocycles. The van der Waals surface area contributed by atoms with Crippen LogP contribution in [0.3, 0.4) is 0 Å². The van der Waals surface area contributed by atoms with E-state index in [1.165, 1.54) is 0 Å². The zero-order valence-electron chi connectivity index (χ0n) is 24.9. The molecule has 13 nitrogen and oxygen atoms in total. The fourth-order valence-electron chi connectivity index (χ4n) is 6.53. The zero-order chi connectivity index (χ0) is 31.6. The van der Waals surface area contributed by atoms with E-state index < -0.39 is 70.0 Å². The maximum atomic E-state index is 14.1. The summed E-state index contributed by atoms with van der Waals surface area (Å²) in [5.74, 6) is -6.55. The Morgan fingerprint density at radius 2 is 1.76 bits per heavy atom. The van der Waals surface area contributed by atoms with E-state index in [-0.39, 0.29) is 41.7 Å². The highest BCUT2D eigenvalue weighted by Gasteiger charge is 2.64. The number of amides is 2. The molecule has 1 fully saturated rings. The van der Waals surface area contributed by atoms with Crippen LogP contribution in [-0.2, 0) is 20.8 Å². The highest BCUT2D eigenvalue weighted by atomic mass is 16.4. The molecule has 2 amide bonds. The third-order valence-electron chi connectivity index (χ3n) is 8.45. The average Bonchev–Trinajstić information content (AvgIpc) is 2.85. The van der Waals surface area contributed by atoms with E-state index in [4.69, 9.17) is 5.73 Å². The van der Waals surface area contributed by atoms with Crippen LogP contribution in [0.4, 0.5) is 11.4 Å². The van der Waals surface area contributed by atoms with Gasteiger partial charge in [-0.1, -0.05) is 0 Å². The molecule has 1 aromatic carbocycles. The summed E-state index contributed by atoms with van der Waals surface area (Å²) in [6.45, 7) is 5.64. The zero-order valence-corrected chi connectivity index (χ0v) is 24.9. The third-order valence-corrected chi connectivity index (χ3v) is 8.45. The van der Waals surface area contributed by atoms with Crippen molar-refractivity contribution in [3.05, 3.63) is 34.1 Å². The first-order valence-electron chi connectivity index (χ1n) is 13.7. The van der Waals surface area contributed by atoms with Crippen molar-refractivity contribution in [2.45, 2.75) is 56.9 Å². The summed E-state index contributed by atoms with van der Waals surface area (Å²) in [5.41, 5.74) is 2.53. The Morgan fingerprint density at radius 3 is 2.29 bits per heavy atom. The van der Waals surface area contributed by atoms with E-state index >= 15 is 0 Å². The van der Waals surface area contributed by atoms with Gasteiger partial charge in [0.05, 0.1) is 23.4 Å². The molecule has 1 unspecified atom stereocenters. The molecule has 1 saturated carbocycles. The first-order valence-corrected chi connectivity index (χ1v) is 13.7. The van der Waals surface area contributed by atoms with Crippen LogP contribution in [0.1, 0.15) is 38.3 Å². The lowest BCUT2D eigenvalue weighted by molar-refractivity contribution is -0.154. The number of phenolic OH excluding ortho intramolecular Hbond substituents is 1. The van der Waals surface area contributed by atoms with E-state index in [2.05, 4.69) is 10.6 Å². The lowest BCUT2D eigenvalue weighted by Gasteiger charge is -2.52. The minimum atomic E-state index is -2.67. The molecule has 3 aliphatic carbocycles. The van der Waals surface area contributed by atoms with Crippen molar-refractivity contribution in [3.8, 4) is 5.75 Å². The number of aliphatic hydroxyl groups excluding tert-OH is 3. The summed E-state index contributed by atoms with van der Waals surface area (Å²) in [6, 6.07) is 0.617. The molecule has 4 rings (SSSR count). The normalized spacial score (nSPS) is 27.4. The molecule has 42 heavy (non-hydrogen) atoms. The number of rotatable bonds is 6. The molecule has 0 spiro atoms. The van der Waals surface area contributed by atoms with Crippen LogP contribution in [-0.4, -0.2) is 106 Å². The number of primary amides is 1. The topological polar surface area (TPSA) is 209 Å². The van der Waals surface area contributed by atoms with Crippen LogP contribution in [0.5, 0.6) is 5.75 Å². The lowest BCUT2D eigenvalue weighted by atomic mass is 9.57. The number of aromatic hydroxyl groups is 1. The molecule has 230 valence electrons. The van der Waals surface area contributed by atoms with Crippen molar-refractivity contribution >= 4 is 34.7 Å². The summed E-state index contributed by atoms with van der Waals surface area (Å²) >= 11 is 0. The quantitative estimate of drug-likeness (QED) is 0.210. The second-order valence-electron chi connectivity index (χ2n) is 12.8. The van der Waals surface area contributed by atoms with Crippen LogP contribution < -0.4 is 21.3 Å². The lowest BCUT2D eigenvalue weighted by Crippen LogP contribution is -2.66. The molecular formula is C29H41N5O8. The average molecular weight is 588 g/mol. The van der Waals surface area contributed by atoms with E-state index in [0.717, 1.165) is 0 Å². The molecule has 0 aromatic heterocycles. The fraction of sp³-hybridized carbons (Fsp3) is 0.552. The maximum Gasteiger partial charge on any atom is 0.250 e. The second-order valence-corrected chi connectivity index (χ2v) is 12.8. The minimum Gasteiger partial charge on any atom is -0.508 e. The van der Waals surface area contributed by atoms with E-state index in [9.17, 15) is 39.9 Å². The number of fused-ring (bicyclic) bond motifs is 3. The summed E-state index contributed by atoms with van der Waals surface area (Å²) in [5, 5.41) is 62.4. The molecule has 5 atom stereocenters. The fourth-order valence-corrected chi connectivity index (χ4v) is 6.53. The van der Waals surface area contributed by atoms with Gasteiger partial charge in [-0.2, -0.15) is 0 Å². The summed E-state index contributed by atoms with van der Waals surface area (Å²) in [7, 11) is 6.73. The minimum absolute atomic E-state index is 0.0100. The smallest absolute Gasteiger partial charge is 0.250 e. The number of aliphatic hydroxyl groups is 4. The third kappa shape index (κ3) is 4.89. The van der Waals surface area contributed by atoms with E-state index in [1.54, 1.807) is 44.1 Å². The van der Waals surface area contributed by atoms with Gasteiger partial charge in [0.1, 0.15) is 23.4 Å². The number of Topliss-reactive ketones (excluding diaryl/α,β-unsaturated/α-hetero) is 1. The van der Waals surface area contributed by atoms with Gasteiger partial charge in [0.2, 0.25) is 11.7 Å². The van der Waals surface area contributed by atoms with Crippen LogP contribution >= 0.6 is 0 Å². The molecule has 13 heteroatoms. The van der Waals surface area contributed by atoms with Crippen molar-refractivity contribution < 1.29 is 39.9 Å². The Kier molecular flexibility index (Phi) is 7.87. The molecule has 1 aromatic rings. The summed E-state index contributed by atoms with van der Waals surface area (Å²) in [4.78, 5) is 42.3. The number of likely N-dealkylation sites (N-methyl/N-ethyl adjacent to an activating group) is 1. The molecule has 0 radical (unpaired) electrons.